The van der Waals surface area contributed by atoms with E-state index in [0.29, 0.717) is 64.0 Å². The van der Waals surface area contributed by atoms with Crippen LogP contribution in [0.3, 0.4) is 0 Å². The van der Waals surface area contributed by atoms with Crippen molar-refractivity contribution in [1.29, 1.82) is 0 Å². The number of fused-ring (bicyclic) bond motifs is 1. The first-order valence-electron chi connectivity index (χ1n) is 13.6. The van der Waals surface area contributed by atoms with Crippen molar-refractivity contribution < 1.29 is 38.0 Å². The number of nitrogens with zero attached hydrogens (tertiary/aromatic N) is 3. The van der Waals surface area contributed by atoms with E-state index < -0.39 is 17.7 Å². The molecule has 226 valence electrons. The van der Waals surface area contributed by atoms with Gasteiger partial charge in [-0.25, -0.2) is 4.39 Å². The second-order valence-electron chi connectivity index (χ2n) is 9.60. The summed E-state index contributed by atoms with van der Waals surface area (Å²) in [6.07, 6.45) is 0. The van der Waals surface area contributed by atoms with Gasteiger partial charge < -0.3 is 24.1 Å². The van der Waals surface area contributed by atoms with E-state index in [1.807, 2.05) is 6.92 Å². The zero-order valence-electron chi connectivity index (χ0n) is 23.6. The van der Waals surface area contributed by atoms with Crippen molar-refractivity contribution in [3.8, 4) is 23.0 Å². The van der Waals surface area contributed by atoms with Crippen LogP contribution in [0.1, 0.15) is 29.7 Å². The van der Waals surface area contributed by atoms with Crippen molar-refractivity contribution in [2.24, 2.45) is 0 Å². The third-order valence-electron chi connectivity index (χ3n) is 6.97. The number of ketones is 1. The van der Waals surface area contributed by atoms with Gasteiger partial charge in [-0.1, -0.05) is 47.4 Å². The van der Waals surface area contributed by atoms with Gasteiger partial charge in [0.2, 0.25) is 5.13 Å². The highest BCUT2D eigenvalue weighted by molar-refractivity contribution is 8.00. The molecule has 0 spiro atoms. The summed E-state index contributed by atoms with van der Waals surface area (Å²) in [4.78, 5) is 28.5. The molecule has 0 aliphatic carbocycles. The van der Waals surface area contributed by atoms with Gasteiger partial charge in [-0.05, 0) is 54.4 Å². The lowest BCUT2D eigenvalue weighted by atomic mass is 9.95. The summed E-state index contributed by atoms with van der Waals surface area (Å²) in [5.41, 5.74) is 1.09. The largest absolute Gasteiger partial charge is 0.507 e. The summed E-state index contributed by atoms with van der Waals surface area (Å²) in [5, 5.41) is 20.1. The molecule has 6 rings (SSSR count). The molecule has 1 unspecified atom stereocenters. The number of hydrogen-bond acceptors (Lipinski definition) is 11. The number of rotatable bonds is 9. The van der Waals surface area contributed by atoms with Crippen LogP contribution in [-0.4, -0.2) is 53.9 Å². The van der Waals surface area contributed by atoms with Crippen LogP contribution in [0.2, 0.25) is 0 Å². The maximum Gasteiger partial charge on any atom is 0.301 e. The number of ether oxygens (including phenoxy) is 4. The minimum atomic E-state index is -1.08. The molecule has 4 aromatic rings. The molecule has 0 bridgehead atoms. The van der Waals surface area contributed by atoms with Crippen LogP contribution in [0, 0.1) is 5.82 Å². The zero-order chi connectivity index (χ0) is 30.8. The van der Waals surface area contributed by atoms with Crippen LogP contribution in [0.15, 0.2) is 70.6 Å². The molecule has 1 N–H and O–H groups in total. The average molecular weight is 636 g/mol. The molecule has 3 aromatic carbocycles. The van der Waals surface area contributed by atoms with Crippen molar-refractivity contribution in [1.82, 2.24) is 10.2 Å². The first kappa shape index (κ1) is 29.5. The average Bonchev–Trinajstić information content (AvgIpc) is 3.62. The summed E-state index contributed by atoms with van der Waals surface area (Å²) >= 11 is 2.34. The first-order chi connectivity index (χ1) is 21.4. The van der Waals surface area contributed by atoms with Gasteiger partial charge in [0.25, 0.3) is 5.78 Å². The Morgan fingerprint density at radius 2 is 1.86 bits per heavy atom. The van der Waals surface area contributed by atoms with E-state index >= 15 is 0 Å². The fourth-order valence-electron chi connectivity index (χ4n) is 4.93. The Kier molecular flexibility index (Phi) is 8.40. The molecule has 3 heterocycles. The standard InChI is InChI=1S/C31H26FN3O7S2/c1-3-40-21-10-8-17(14-23(21)39-2)26-25(27(36)18-9-11-22-24(15-18)42-13-12-41-22)28(37)29(38)35(26)30-33-34-31(44-30)43-16-19-6-4-5-7-20(19)32/h4-11,14-15,26,36H,3,12-13,16H2,1-2H3/b27-25+. The predicted octanol–water partition coefficient (Wildman–Crippen LogP) is 5.77. The van der Waals surface area contributed by atoms with E-state index in [-0.39, 0.29) is 27.8 Å². The number of aromatic nitrogens is 2. The van der Waals surface area contributed by atoms with E-state index in [2.05, 4.69) is 10.2 Å². The number of carbonyl (C=O) groups excluding carboxylic acids is 2. The van der Waals surface area contributed by atoms with Crippen LogP contribution in [0.25, 0.3) is 5.76 Å². The monoisotopic (exact) mass is 635 g/mol. The van der Waals surface area contributed by atoms with Crippen LogP contribution in [-0.2, 0) is 15.3 Å². The molecule has 0 radical (unpaired) electrons. The molecule has 1 aromatic heterocycles. The van der Waals surface area contributed by atoms with Crippen molar-refractivity contribution >= 4 is 45.7 Å². The van der Waals surface area contributed by atoms with Crippen LogP contribution in [0.4, 0.5) is 9.52 Å². The van der Waals surface area contributed by atoms with Gasteiger partial charge in [0, 0.05) is 11.3 Å². The Balaban J connectivity index is 1.43. The highest BCUT2D eigenvalue weighted by Gasteiger charge is 2.48. The maximum absolute atomic E-state index is 14.2. The molecule has 1 fully saturated rings. The number of halogens is 1. The SMILES string of the molecule is CCOc1ccc(C2/C(=C(\O)c3ccc4c(c3)OCCO4)C(=O)C(=O)N2c2nnc(SCc3ccccc3F)s2)cc1OC. The number of anilines is 1. The van der Waals surface area contributed by atoms with Gasteiger partial charge in [0.05, 0.1) is 25.3 Å². The summed E-state index contributed by atoms with van der Waals surface area (Å²) in [7, 11) is 1.48. The number of Topliss-reactive ketones (excluding diaryl/α,β-unsaturated/α-hetero) is 1. The quantitative estimate of drug-likeness (QED) is 0.0798. The fraction of sp³-hybridized carbons (Fsp3) is 0.226. The molecular weight excluding hydrogens is 609 g/mol. The topological polar surface area (TPSA) is 120 Å². The van der Waals surface area contributed by atoms with Crippen LogP contribution in [0.5, 0.6) is 23.0 Å². The van der Waals surface area contributed by atoms with E-state index in [1.165, 1.54) is 29.8 Å². The normalized spacial score (nSPS) is 17.2. The lowest BCUT2D eigenvalue weighted by molar-refractivity contribution is -0.132. The second-order valence-corrected chi connectivity index (χ2v) is 11.8. The third-order valence-corrected chi connectivity index (χ3v) is 9.08. The Morgan fingerprint density at radius 3 is 2.64 bits per heavy atom. The molecule has 1 amide bonds. The van der Waals surface area contributed by atoms with Crippen molar-refractivity contribution in [2.45, 2.75) is 23.1 Å². The number of carbonyl (C=O) groups is 2. The van der Waals surface area contributed by atoms with Gasteiger partial charge in [0.15, 0.2) is 27.3 Å². The minimum absolute atomic E-state index is 0.141. The lowest BCUT2D eigenvalue weighted by Gasteiger charge is -2.24. The first-order valence-corrected chi connectivity index (χ1v) is 15.4. The van der Waals surface area contributed by atoms with Gasteiger partial charge in [-0.15, -0.1) is 10.2 Å². The molecule has 1 atom stereocenters. The summed E-state index contributed by atoms with van der Waals surface area (Å²) in [6.45, 7) is 2.97. The predicted molar refractivity (Wildman–Crippen MR) is 162 cm³/mol. The molecular formula is C31H26FN3O7S2. The number of methoxy groups -OCH3 is 1. The Bertz CT molecular complexity index is 1780. The Labute approximate surface area is 260 Å². The summed E-state index contributed by atoms with van der Waals surface area (Å²) < 4.78 is 37.1. The van der Waals surface area contributed by atoms with Crippen molar-refractivity contribution in [3.63, 3.8) is 0 Å². The highest BCUT2D eigenvalue weighted by atomic mass is 32.2. The van der Waals surface area contributed by atoms with E-state index in [4.69, 9.17) is 18.9 Å². The molecule has 2 aliphatic rings. The van der Waals surface area contributed by atoms with Crippen LogP contribution >= 0.6 is 23.1 Å². The maximum atomic E-state index is 14.2. The zero-order valence-corrected chi connectivity index (χ0v) is 25.2. The number of hydrogen-bond donors (Lipinski definition) is 1. The fourth-order valence-corrected chi connectivity index (χ4v) is 6.79. The van der Waals surface area contributed by atoms with Crippen LogP contribution < -0.4 is 23.8 Å². The molecule has 44 heavy (non-hydrogen) atoms. The Morgan fingerprint density at radius 1 is 1.07 bits per heavy atom. The van der Waals surface area contributed by atoms with E-state index in [1.54, 1.807) is 54.6 Å². The molecule has 1 saturated heterocycles. The number of benzene rings is 3. The van der Waals surface area contributed by atoms with Gasteiger partial charge >= 0.3 is 5.91 Å². The lowest BCUT2D eigenvalue weighted by Crippen LogP contribution is -2.29. The van der Waals surface area contributed by atoms with Gasteiger partial charge in [-0.3, -0.25) is 14.5 Å². The van der Waals surface area contributed by atoms with E-state index in [0.717, 1.165) is 11.3 Å². The highest BCUT2D eigenvalue weighted by Crippen LogP contribution is 2.46. The smallest absolute Gasteiger partial charge is 0.301 e. The molecule has 10 nitrogen and oxygen atoms in total. The second kappa shape index (κ2) is 12.5. The van der Waals surface area contributed by atoms with Gasteiger partial charge in [-0.2, -0.15) is 0 Å². The molecule has 0 saturated carbocycles. The summed E-state index contributed by atoms with van der Waals surface area (Å²) in [6, 6.07) is 15.2. The van der Waals surface area contributed by atoms with E-state index in [9.17, 15) is 19.1 Å². The number of aliphatic hydroxyl groups is 1. The number of amides is 1. The van der Waals surface area contributed by atoms with Crippen molar-refractivity contribution in [2.75, 3.05) is 31.8 Å². The number of aliphatic hydroxyl groups excluding tert-OH is 1. The van der Waals surface area contributed by atoms with Gasteiger partial charge in [0.1, 0.15) is 24.8 Å². The van der Waals surface area contributed by atoms with Crippen molar-refractivity contribution in [3.05, 3.63) is 88.7 Å². The molecule has 2 aliphatic heterocycles. The Hall–Kier alpha value is -4.62. The molecule has 13 heteroatoms. The minimum Gasteiger partial charge on any atom is -0.507 e. The summed E-state index contributed by atoms with van der Waals surface area (Å²) in [5.74, 6) is -0.431. The third kappa shape index (κ3) is 5.55. The number of thioether (sulfide) groups is 1.